The van der Waals surface area contributed by atoms with E-state index in [1.807, 2.05) is 0 Å². The van der Waals surface area contributed by atoms with E-state index >= 15 is 0 Å². The van der Waals surface area contributed by atoms with Gasteiger partial charge in [-0.15, -0.1) is 0 Å². The van der Waals surface area contributed by atoms with Crippen molar-refractivity contribution in [3.05, 3.63) is 34.9 Å². The van der Waals surface area contributed by atoms with Crippen molar-refractivity contribution in [2.75, 3.05) is 6.54 Å². The normalized spacial score (nSPS) is 10.8. The van der Waals surface area contributed by atoms with E-state index in [0.29, 0.717) is 18.8 Å². The summed E-state index contributed by atoms with van der Waals surface area (Å²) in [6.07, 6.45) is 1.37. The molecule has 2 aromatic rings. The maximum Gasteiger partial charge on any atom is 0.260 e. The molecule has 0 amide bonds. The molecule has 0 radical (unpaired) electrons. The van der Waals surface area contributed by atoms with Gasteiger partial charge >= 0.3 is 0 Å². The van der Waals surface area contributed by atoms with Crippen molar-refractivity contribution < 1.29 is 8.91 Å². The van der Waals surface area contributed by atoms with E-state index in [2.05, 4.69) is 10.1 Å². The zero-order chi connectivity index (χ0) is 12.3. The number of aromatic nitrogens is 2. The minimum atomic E-state index is -0.553. The van der Waals surface area contributed by atoms with Crippen LogP contribution in [0, 0.1) is 5.82 Å². The van der Waals surface area contributed by atoms with E-state index in [0.717, 1.165) is 6.42 Å². The van der Waals surface area contributed by atoms with E-state index < -0.39 is 5.82 Å². The molecule has 0 atom stereocenters. The second kappa shape index (κ2) is 5.25. The smallest absolute Gasteiger partial charge is 0.260 e. The molecule has 0 spiro atoms. The molecule has 0 aliphatic rings. The third kappa shape index (κ3) is 2.62. The van der Waals surface area contributed by atoms with Crippen molar-refractivity contribution in [2.24, 2.45) is 5.73 Å². The summed E-state index contributed by atoms with van der Waals surface area (Å²) in [6.45, 7) is 0.551. The molecule has 1 heterocycles. The minimum Gasteiger partial charge on any atom is -0.334 e. The molecule has 0 aliphatic carbocycles. The van der Waals surface area contributed by atoms with Gasteiger partial charge in [-0.3, -0.25) is 0 Å². The molecule has 1 aromatic heterocycles. The SMILES string of the molecule is NCCCc1noc(-c2cccc(Cl)c2F)n1. The van der Waals surface area contributed by atoms with Crippen LogP contribution in [-0.2, 0) is 6.42 Å². The molecule has 0 unspecified atom stereocenters. The number of nitrogens with zero attached hydrogens (tertiary/aromatic N) is 2. The molecule has 0 aliphatic heterocycles. The number of rotatable bonds is 4. The van der Waals surface area contributed by atoms with Crippen LogP contribution < -0.4 is 5.73 Å². The zero-order valence-electron chi connectivity index (χ0n) is 8.99. The van der Waals surface area contributed by atoms with Gasteiger partial charge in [-0.25, -0.2) is 4.39 Å². The first-order valence-electron chi connectivity index (χ1n) is 5.19. The summed E-state index contributed by atoms with van der Waals surface area (Å²) in [6, 6.07) is 4.64. The average molecular weight is 256 g/mol. The van der Waals surface area contributed by atoms with Crippen LogP contribution in [0.5, 0.6) is 0 Å². The van der Waals surface area contributed by atoms with Crippen molar-refractivity contribution in [2.45, 2.75) is 12.8 Å². The van der Waals surface area contributed by atoms with Crippen LogP contribution in [0.2, 0.25) is 5.02 Å². The molecule has 6 heteroatoms. The molecule has 0 bridgehead atoms. The summed E-state index contributed by atoms with van der Waals surface area (Å²) < 4.78 is 18.7. The number of halogens is 2. The summed E-state index contributed by atoms with van der Waals surface area (Å²) in [7, 11) is 0. The van der Waals surface area contributed by atoms with Gasteiger partial charge in [0.15, 0.2) is 11.6 Å². The van der Waals surface area contributed by atoms with Gasteiger partial charge in [-0.05, 0) is 25.1 Å². The number of hydrogen-bond acceptors (Lipinski definition) is 4. The molecule has 0 saturated heterocycles. The highest BCUT2D eigenvalue weighted by Crippen LogP contribution is 2.26. The molecule has 17 heavy (non-hydrogen) atoms. The Labute approximate surface area is 103 Å². The van der Waals surface area contributed by atoms with Crippen molar-refractivity contribution in [3.63, 3.8) is 0 Å². The summed E-state index contributed by atoms with van der Waals surface area (Å²) in [5, 5.41) is 3.78. The lowest BCUT2D eigenvalue weighted by Gasteiger charge is -1.98. The second-order valence-corrected chi connectivity index (χ2v) is 3.92. The molecule has 1 aromatic carbocycles. The van der Waals surface area contributed by atoms with E-state index in [1.165, 1.54) is 6.07 Å². The average Bonchev–Trinajstić information content (AvgIpc) is 2.78. The fourth-order valence-electron chi connectivity index (χ4n) is 1.39. The van der Waals surface area contributed by atoms with Gasteiger partial charge in [0, 0.05) is 6.42 Å². The van der Waals surface area contributed by atoms with Gasteiger partial charge in [0.05, 0.1) is 10.6 Å². The lowest BCUT2D eigenvalue weighted by Crippen LogP contribution is -2.01. The van der Waals surface area contributed by atoms with Crippen molar-refractivity contribution in [1.82, 2.24) is 10.1 Å². The first-order valence-corrected chi connectivity index (χ1v) is 5.57. The van der Waals surface area contributed by atoms with E-state index in [4.69, 9.17) is 21.9 Å². The molecule has 2 N–H and O–H groups in total. The molecule has 2 rings (SSSR count). The van der Waals surface area contributed by atoms with Crippen LogP contribution in [0.25, 0.3) is 11.5 Å². The maximum absolute atomic E-state index is 13.7. The lowest BCUT2D eigenvalue weighted by molar-refractivity contribution is 0.419. The summed E-state index contributed by atoms with van der Waals surface area (Å²) >= 11 is 5.67. The zero-order valence-corrected chi connectivity index (χ0v) is 9.75. The van der Waals surface area contributed by atoms with Crippen LogP contribution in [0.1, 0.15) is 12.2 Å². The fourth-order valence-corrected chi connectivity index (χ4v) is 1.57. The van der Waals surface area contributed by atoms with Gasteiger partial charge in [-0.2, -0.15) is 4.98 Å². The van der Waals surface area contributed by atoms with Gasteiger partial charge in [0.25, 0.3) is 5.89 Å². The quantitative estimate of drug-likeness (QED) is 0.911. The highest BCUT2D eigenvalue weighted by atomic mass is 35.5. The van der Waals surface area contributed by atoms with Gasteiger partial charge < -0.3 is 10.3 Å². The van der Waals surface area contributed by atoms with Gasteiger partial charge in [0.1, 0.15) is 0 Å². The van der Waals surface area contributed by atoms with Crippen LogP contribution in [0.4, 0.5) is 4.39 Å². The second-order valence-electron chi connectivity index (χ2n) is 3.51. The van der Waals surface area contributed by atoms with E-state index in [-0.39, 0.29) is 16.5 Å². The Morgan fingerprint density at radius 1 is 1.41 bits per heavy atom. The number of nitrogens with two attached hydrogens (primary N) is 1. The van der Waals surface area contributed by atoms with Crippen LogP contribution in [0.3, 0.4) is 0 Å². The topological polar surface area (TPSA) is 64.9 Å². The largest absolute Gasteiger partial charge is 0.334 e. The van der Waals surface area contributed by atoms with Crippen molar-refractivity contribution >= 4 is 11.6 Å². The molecular weight excluding hydrogens is 245 g/mol. The standard InChI is InChI=1S/C11H11ClFN3O/c12-8-4-1-3-7(10(8)13)11-15-9(16-17-11)5-2-6-14/h1,3-4H,2,5-6,14H2. The molecule has 4 nitrogen and oxygen atoms in total. The summed E-state index contributed by atoms with van der Waals surface area (Å²) in [4.78, 5) is 4.09. The van der Waals surface area contributed by atoms with Crippen LogP contribution in [0.15, 0.2) is 22.7 Å². The first-order chi connectivity index (χ1) is 8.22. The Bertz CT molecular complexity index is 515. The molecular formula is C11H11ClFN3O. The Balaban J connectivity index is 2.27. The summed E-state index contributed by atoms with van der Waals surface area (Å²) in [5.74, 6) is 0.102. The lowest BCUT2D eigenvalue weighted by atomic mass is 10.2. The number of aryl methyl sites for hydroxylation is 1. The van der Waals surface area contributed by atoms with E-state index in [1.54, 1.807) is 12.1 Å². The van der Waals surface area contributed by atoms with Crippen molar-refractivity contribution in [3.8, 4) is 11.5 Å². The highest BCUT2D eigenvalue weighted by Gasteiger charge is 2.14. The fraction of sp³-hybridized carbons (Fsp3) is 0.273. The Kier molecular flexibility index (Phi) is 3.71. The van der Waals surface area contributed by atoms with Crippen LogP contribution in [-0.4, -0.2) is 16.7 Å². The first kappa shape index (κ1) is 12.0. The number of hydrogen-bond donors (Lipinski definition) is 1. The third-order valence-corrected chi connectivity index (χ3v) is 2.55. The Hall–Kier alpha value is -1.46. The van der Waals surface area contributed by atoms with E-state index in [9.17, 15) is 4.39 Å². The van der Waals surface area contributed by atoms with Crippen molar-refractivity contribution in [1.29, 1.82) is 0 Å². The molecule has 90 valence electrons. The van der Waals surface area contributed by atoms with Gasteiger partial charge in [-0.1, -0.05) is 22.8 Å². The monoisotopic (exact) mass is 255 g/mol. The third-order valence-electron chi connectivity index (χ3n) is 2.25. The summed E-state index contributed by atoms with van der Waals surface area (Å²) in [5.41, 5.74) is 5.59. The number of benzene rings is 1. The minimum absolute atomic E-state index is 0.0317. The Morgan fingerprint density at radius 3 is 3.00 bits per heavy atom. The van der Waals surface area contributed by atoms with Crippen LogP contribution >= 0.6 is 11.6 Å². The molecule has 0 saturated carbocycles. The predicted octanol–water partition coefficient (Wildman–Crippen LogP) is 2.42. The maximum atomic E-state index is 13.7. The Morgan fingerprint density at radius 2 is 2.24 bits per heavy atom. The molecule has 0 fully saturated rings. The highest BCUT2D eigenvalue weighted by molar-refractivity contribution is 6.31. The van der Waals surface area contributed by atoms with Gasteiger partial charge in [0.2, 0.25) is 0 Å². The predicted molar refractivity (Wildman–Crippen MR) is 62.1 cm³/mol.